The molecule has 0 spiro atoms. The molecule has 0 aromatic heterocycles. The van der Waals surface area contributed by atoms with E-state index in [4.69, 9.17) is 5.73 Å². The minimum Gasteiger partial charge on any atom is -0.348 e. The van der Waals surface area contributed by atoms with Gasteiger partial charge in [0.15, 0.2) is 0 Å². The van der Waals surface area contributed by atoms with Gasteiger partial charge in [0.25, 0.3) is 5.91 Å². The van der Waals surface area contributed by atoms with Gasteiger partial charge < -0.3 is 11.1 Å². The zero-order valence-corrected chi connectivity index (χ0v) is 10.7. The van der Waals surface area contributed by atoms with E-state index in [1.807, 2.05) is 24.3 Å². The standard InChI is InChI=1S/C15H14F2N2O/c16-13-5-12(6-14(17)7-13)15(20)19-9-11-4-2-1-3-10(11)8-18/h1-7H,8-9,18H2,(H,19,20). The molecule has 3 N–H and O–H groups in total. The Labute approximate surface area is 115 Å². The number of amides is 1. The van der Waals surface area contributed by atoms with E-state index in [2.05, 4.69) is 5.32 Å². The van der Waals surface area contributed by atoms with Crippen molar-refractivity contribution in [1.82, 2.24) is 5.32 Å². The fraction of sp³-hybridized carbons (Fsp3) is 0.133. The van der Waals surface area contributed by atoms with Crippen LogP contribution in [0.15, 0.2) is 42.5 Å². The Morgan fingerprint density at radius 1 is 1.05 bits per heavy atom. The number of halogens is 2. The first kappa shape index (κ1) is 14.1. The predicted molar refractivity (Wildman–Crippen MR) is 71.9 cm³/mol. The summed E-state index contributed by atoms with van der Waals surface area (Å²) < 4.78 is 26.1. The van der Waals surface area contributed by atoms with Crippen LogP contribution in [0.3, 0.4) is 0 Å². The zero-order valence-electron chi connectivity index (χ0n) is 10.7. The summed E-state index contributed by atoms with van der Waals surface area (Å²) in [6.07, 6.45) is 0. The average molecular weight is 276 g/mol. The second kappa shape index (κ2) is 6.25. The highest BCUT2D eigenvalue weighted by atomic mass is 19.1. The number of hydrogen-bond donors (Lipinski definition) is 2. The van der Waals surface area contributed by atoms with Crippen molar-refractivity contribution < 1.29 is 13.6 Å². The SMILES string of the molecule is NCc1ccccc1CNC(=O)c1cc(F)cc(F)c1. The monoisotopic (exact) mass is 276 g/mol. The van der Waals surface area contributed by atoms with Crippen molar-refractivity contribution in [3.8, 4) is 0 Å². The molecule has 2 rings (SSSR count). The topological polar surface area (TPSA) is 55.1 Å². The van der Waals surface area contributed by atoms with Crippen LogP contribution in [0.25, 0.3) is 0 Å². The summed E-state index contributed by atoms with van der Waals surface area (Å²) >= 11 is 0. The smallest absolute Gasteiger partial charge is 0.251 e. The van der Waals surface area contributed by atoms with Crippen LogP contribution in [-0.4, -0.2) is 5.91 Å². The van der Waals surface area contributed by atoms with Crippen LogP contribution >= 0.6 is 0 Å². The Morgan fingerprint density at radius 3 is 2.25 bits per heavy atom. The van der Waals surface area contributed by atoms with Gasteiger partial charge in [-0.25, -0.2) is 8.78 Å². The Bertz CT molecular complexity index is 609. The molecule has 0 bridgehead atoms. The summed E-state index contributed by atoms with van der Waals surface area (Å²) in [6, 6.07) is 10.1. The lowest BCUT2D eigenvalue weighted by molar-refractivity contribution is 0.0950. The van der Waals surface area contributed by atoms with Crippen molar-refractivity contribution in [2.45, 2.75) is 13.1 Å². The maximum atomic E-state index is 13.0. The molecule has 2 aromatic carbocycles. The molecule has 2 aromatic rings. The quantitative estimate of drug-likeness (QED) is 0.900. The van der Waals surface area contributed by atoms with E-state index < -0.39 is 17.5 Å². The van der Waals surface area contributed by atoms with E-state index in [1.165, 1.54) is 0 Å². The summed E-state index contributed by atoms with van der Waals surface area (Å²) in [4.78, 5) is 11.8. The molecule has 0 heterocycles. The maximum absolute atomic E-state index is 13.0. The molecule has 1 amide bonds. The molecular formula is C15H14F2N2O. The fourth-order valence-corrected chi connectivity index (χ4v) is 1.89. The van der Waals surface area contributed by atoms with Gasteiger partial charge in [-0.3, -0.25) is 4.79 Å². The zero-order chi connectivity index (χ0) is 14.5. The number of rotatable bonds is 4. The molecule has 0 fully saturated rings. The van der Waals surface area contributed by atoms with Crippen LogP contribution in [0.5, 0.6) is 0 Å². The Kier molecular flexibility index (Phi) is 4.42. The predicted octanol–water partition coefficient (Wildman–Crippen LogP) is 2.35. The summed E-state index contributed by atoms with van der Waals surface area (Å²) in [7, 11) is 0. The van der Waals surface area contributed by atoms with Crippen LogP contribution < -0.4 is 11.1 Å². The fourth-order valence-electron chi connectivity index (χ4n) is 1.89. The second-order valence-electron chi connectivity index (χ2n) is 4.31. The Hall–Kier alpha value is -2.27. The van der Waals surface area contributed by atoms with E-state index in [1.54, 1.807) is 0 Å². The van der Waals surface area contributed by atoms with Gasteiger partial charge in [0.05, 0.1) is 0 Å². The molecule has 0 saturated carbocycles. The lowest BCUT2D eigenvalue weighted by atomic mass is 10.1. The maximum Gasteiger partial charge on any atom is 0.251 e. The van der Waals surface area contributed by atoms with Gasteiger partial charge >= 0.3 is 0 Å². The summed E-state index contributed by atoms with van der Waals surface area (Å²) in [5.41, 5.74) is 7.34. The molecule has 5 heteroatoms. The first-order valence-electron chi connectivity index (χ1n) is 6.11. The molecule has 0 atom stereocenters. The second-order valence-corrected chi connectivity index (χ2v) is 4.31. The van der Waals surface area contributed by atoms with Crippen LogP contribution in [0.4, 0.5) is 8.78 Å². The van der Waals surface area contributed by atoms with E-state index >= 15 is 0 Å². The highest BCUT2D eigenvalue weighted by Gasteiger charge is 2.09. The van der Waals surface area contributed by atoms with E-state index in [0.29, 0.717) is 6.54 Å². The lowest BCUT2D eigenvalue weighted by Gasteiger charge is -2.09. The molecule has 0 aliphatic carbocycles. The van der Waals surface area contributed by atoms with Gasteiger partial charge in [-0.15, -0.1) is 0 Å². The third-order valence-electron chi connectivity index (χ3n) is 2.90. The first-order valence-corrected chi connectivity index (χ1v) is 6.11. The minimum absolute atomic E-state index is 0.0484. The summed E-state index contributed by atoms with van der Waals surface area (Å²) in [5, 5.41) is 2.62. The molecular weight excluding hydrogens is 262 g/mol. The Morgan fingerprint density at radius 2 is 1.65 bits per heavy atom. The van der Waals surface area contributed by atoms with Gasteiger partial charge in [0, 0.05) is 24.7 Å². The average Bonchev–Trinajstić information content (AvgIpc) is 2.44. The van der Waals surface area contributed by atoms with Crippen molar-refractivity contribution in [1.29, 1.82) is 0 Å². The van der Waals surface area contributed by atoms with E-state index in [0.717, 1.165) is 29.3 Å². The molecule has 0 radical (unpaired) electrons. The van der Waals surface area contributed by atoms with E-state index in [-0.39, 0.29) is 12.1 Å². The van der Waals surface area contributed by atoms with Crippen molar-refractivity contribution in [2.75, 3.05) is 0 Å². The molecule has 20 heavy (non-hydrogen) atoms. The van der Waals surface area contributed by atoms with Crippen molar-refractivity contribution in [3.63, 3.8) is 0 Å². The summed E-state index contributed by atoms with van der Waals surface area (Å²) in [5.74, 6) is -2.09. The first-order chi connectivity index (χ1) is 9.60. The summed E-state index contributed by atoms with van der Waals surface area (Å²) in [6.45, 7) is 0.616. The van der Waals surface area contributed by atoms with Gasteiger partial charge in [-0.05, 0) is 23.3 Å². The van der Waals surface area contributed by atoms with Crippen molar-refractivity contribution in [3.05, 3.63) is 70.8 Å². The van der Waals surface area contributed by atoms with Gasteiger partial charge in [0.1, 0.15) is 11.6 Å². The highest BCUT2D eigenvalue weighted by Crippen LogP contribution is 2.10. The molecule has 104 valence electrons. The number of carbonyl (C=O) groups excluding carboxylic acids is 1. The largest absolute Gasteiger partial charge is 0.348 e. The van der Waals surface area contributed by atoms with Crippen LogP contribution in [0.2, 0.25) is 0 Å². The third-order valence-corrected chi connectivity index (χ3v) is 2.90. The third kappa shape index (κ3) is 3.39. The number of nitrogens with one attached hydrogen (secondary N) is 1. The van der Waals surface area contributed by atoms with Crippen LogP contribution in [0, 0.1) is 11.6 Å². The van der Waals surface area contributed by atoms with Crippen LogP contribution in [-0.2, 0) is 13.1 Å². The number of carbonyl (C=O) groups is 1. The van der Waals surface area contributed by atoms with E-state index in [9.17, 15) is 13.6 Å². The van der Waals surface area contributed by atoms with Crippen LogP contribution in [0.1, 0.15) is 21.5 Å². The highest BCUT2D eigenvalue weighted by molar-refractivity contribution is 5.94. The molecule has 0 aliphatic heterocycles. The van der Waals surface area contributed by atoms with Gasteiger partial charge in [0.2, 0.25) is 0 Å². The number of benzene rings is 2. The lowest BCUT2D eigenvalue weighted by Crippen LogP contribution is -2.24. The number of nitrogens with two attached hydrogens (primary N) is 1. The molecule has 0 unspecified atom stereocenters. The molecule has 0 saturated heterocycles. The number of hydrogen-bond acceptors (Lipinski definition) is 2. The van der Waals surface area contributed by atoms with Crippen molar-refractivity contribution >= 4 is 5.91 Å². The molecule has 0 aliphatic rings. The van der Waals surface area contributed by atoms with Crippen molar-refractivity contribution in [2.24, 2.45) is 5.73 Å². The Balaban J connectivity index is 2.08. The molecule has 3 nitrogen and oxygen atoms in total. The van der Waals surface area contributed by atoms with Gasteiger partial charge in [-0.1, -0.05) is 24.3 Å². The minimum atomic E-state index is -0.780. The normalized spacial score (nSPS) is 10.3. The van der Waals surface area contributed by atoms with Gasteiger partial charge in [-0.2, -0.15) is 0 Å².